The van der Waals surface area contributed by atoms with Crippen LogP contribution in [0.15, 0.2) is 76.8 Å². The molecule has 0 fully saturated rings. The van der Waals surface area contributed by atoms with Gasteiger partial charge in [0, 0.05) is 29.7 Å². The summed E-state index contributed by atoms with van der Waals surface area (Å²) in [4.78, 5) is 32.9. The van der Waals surface area contributed by atoms with Crippen LogP contribution in [0.4, 0.5) is 11.4 Å². The second kappa shape index (κ2) is 9.13. The first-order chi connectivity index (χ1) is 14.7. The Morgan fingerprint density at radius 2 is 1.87 bits per heavy atom. The number of fused-ring (bicyclic) bond motifs is 2. The smallest absolute Gasteiger partial charge is 0.261 e. The molecule has 0 radical (unpaired) electrons. The molecule has 2 heterocycles. The quantitative estimate of drug-likeness (QED) is 0.601. The maximum atomic E-state index is 13.2. The van der Waals surface area contributed by atoms with Crippen molar-refractivity contribution in [3.8, 4) is 0 Å². The summed E-state index contributed by atoms with van der Waals surface area (Å²) in [5.41, 5.74) is 3.43. The molecule has 2 amide bonds. The molecular formula is C24H23N3O2S. The number of aromatic nitrogens is 1. The molecular weight excluding hydrogens is 394 g/mol. The number of hydrogen-bond donors (Lipinski definition) is 1. The summed E-state index contributed by atoms with van der Waals surface area (Å²) in [6.45, 7) is 2.53. The summed E-state index contributed by atoms with van der Waals surface area (Å²) in [6, 6.07) is 19.3. The molecule has 5 nitrogen and oxygen atoms in total. The molecule has 2 aromatic carbocycles. The molecule has 152 valence electrons. The van der Waals surface area contributed by atoms with Gasteiger partial charge in [-0.25, -0.2) is 4.98 Å². The number of para-hydroxylation sites is 2. The monoisotopic (exact) mass is 417 g/mol. The molecule has 0 saturated heterocycles. The van der Waals surface area contributed by atoms with Crippen molar-refractivity contribution in [1.82, 2.24) is 4.98 Å². The van der Waals surface area contributed by atoms with Crippen LogP contribution in [-0.2, 0) is 11.2 Å². The highest BCUT2D eigenvalue weighted by molar-refractivity contribution is 7.99. The lowest BCUT2D eigenvalue weighted by Crippen LogP contribution is -2.32. The summed E-state index contributed by atoms with van der Waals surface area (Å²) in [5, 5.41) is 3.72. The zero-order chi connectivity index (χ0) is 20.9. The van der Waals surface area contributed by atoms with Gasteiger partial charge in [0.2, 0.25) is 5.91 Å². The number of amides is 2. The van der Waals surface area contributed by atoms with Crippen molar-refractivity contribution in [3.63, 3.8) is 0 Å². The van der Waals surface area contributed by atoms with Gasteiger partial charge < -0.3 is 10.2 Å². The molecule has 0 bridgehead atoms. The van der Waals surface area contributed by atoms with Gasteiger partial charge in [-0.05, 0) is 48.7 Å². The molecule has 0 unspecified atom stereocenters. The second-order valence-electron chi connectivity index (χ2n) is 7.05. The third-order valence-corrected chi connectivity index (χ3v) is 6.15. The molecule has 0 saturated carbocycles. The van der Waals surface area contributed by atoms with Gasteiger partial charge in [-0.1, -0.05) is 49.0 Å². The van der Waals surface area contributed by atoms with Gasteiger partial charge in [0.05, 0.1) is 11.3 Å². The molecule has 4 rings (SSSR count). The number of nitrogens with one attached hydrogen (secondary N) is 1. The van der Waals surface area contributed by atoms with Crippen LogP contribution in [0.1, 0.15) is 35.7 Å². The predicted octanol–water partition coefficient (Wildman–Crippen LogP) is 5.17. The summed E-state index contributed by atoms with van der Waals surface area (Å²) in [6.07, 6.45) is 3.48. The fourth-order valence-corrected chi connectivity index (χ4v) is 4.56. The molecule has 1 N–H and O–H groups in total. The fourth-order valence-electron chi connectivity index (χ4n) is 3.54. The first kappa shape index (κ1) is 20.2. The van der Waals surface area contributed by atoms with E-state index in [2.05, 4.69) is 17.2 Å². The minimum Gasteiger partial charge on any atom is -0.326 e. The molecule has 1 aliphatic heterocycles. The highest BCUT2D eigenvalue weighted by atomic mass is 32.2. The number of rotatable bonds is 6. The number of nitrogens with zero attached hydrogens (tertiary/aromatic N) is 2. The number of aryl methyl sites for hydroxylation is 1. The van der Waals surface area contributed by atoms with Gasteiger partial charge in [-0.2, -0.15) is 0 Å². The van der Waals surface area contributed by atoms with Gasteiger partial charge in [0.25, 0.3) is 5.91 Å². The third kappa shape index (κ3) is 4.24. The van der Waals surface area contributed by atoms with Crippen molar-refractivity contribution in [2.75, 3.05) is 16.8 Å². The first-order valence-electron chi connectivity index (χ1n) is 10.1. The van der Waals surface area contributed by atoms with Crippen LogP contribution in [0.2, 0.25) is 0 Å². The summed E-state index contributed by atoms with van der Waals surface area (Å²) >= 11 is 1.50. The Morgan fingerprint density at radius 1 is 1.07 bits per heavy atom. The largest absolute Gasteiger partial charge is 0.326 e. The van der Waals surface area contributed by atoms with Gasteiger partial charge in [-0.15, -0.1) is 0 Å². The Hall–Kier alpha value is -3.12. The number of carbonyl (C=O) groups is 2. The molecule has 1 aliphatic rings. The van der Waals surface area contributed by atoms with E-state index >= 15 is 0 Å². The SMILES string of the molecule is CCc1ccccc1NC(=O)CCCN1C(=O)c2cccnc2Sc2ccccc21. The van der Waals surface area contributed by atoms with E-state index in [-0.39, 0.29) is 11.8 Å². The zero-order valence-corrected chi connectivity index (χ0v) is 17.6. The van der Waals surface area contributed by atoms with Crippen LogP contribution < -0.4 is 10.2 Å². The average molecular weight is 418 g/mol. The number of hydrogen-bond acceptors (Lipinski definition) is 4. The standard InChI is InChI=1S/C24H23N3O2S/c1-2-17-9-3-4-11-19(17)26-22(28)14-8-16-27-20-12-5-6-13-21(20)30-23-18(24(27)29)10-7-15-25-23/h3-7,9-13,15H,2,8,14,16H2,1H3,(H,26,28). The van der Waals surface area contributed by atoms with E-state index in [0.29, 0.717) is 30.0 Å². The average Bonchev–Trinajstić information content (AvgIpc) is 2.89. The topological polar surface area (TPSA) is 62.3 Å². The van der Waals surface area contributed by atoms with Crippen molar-refractivity contribution < 1.29 is 9.59 Å². The lowest BCUT2D eigenvalue weighted by atomic mass is 10.1. The molecule has 0 aliphatic carbocycles. The summed E-state index contributed by atoms with van der Waals surface area (Å²) in [5.74, 6) is -0.116. The third-order valence-electron chi connectivity index (χ3n) is 5.07. The summed E-state index contributed by atoms with van der Waals surface area (Å²) in [7, 11) is 0. The predicted molar refractivity (Wildman–Crippen MR) is 120 cm³/mol. The van der Waals surface area contributed by atoms with E-state index in [1.54, 1.807) is 17.2 Å². The van der Waals surface area contributed by atoms with Crippen LogP contribution in [0.5, 0.6) is 0 Å². The molecule has 30 heavy (non-hydrogen) atoms. The number of anilines is 2. The van der Waals surface area contributed by atoms with E-state index in [1.165, 1.54) is 11.8 Å². The van der Waals surface area contributed by atoms with Gasteiger partial charge >= 0.3 is 0 Å². The van der Waals surface area contributed by atoms with Crippen LogP contribution in [0.3, 0.4) is 0 Å². The lowest BCUT2D eigenvalue weighted by Gasteiger charge is -2.22. The molecule has 0 atom stereocenters. The van der Waals surface area contributed by atoms with Gasteiger partial charge in [-0.3, -0.25) is 9.59 Å². The van der Waals surface area contributed by atoms with Crippen LogP contribution in [0, 0.1) is 0 Å². The zero-order valence-electron chi connectivity index (χ0n) is 16.8. The molecule has 1 aromatic heterocycles. The number of pyridine rings is 1. The second-order valence-corrected chi connectivity index (χ2v) is 8.08. The summed E-state index contributed by atoms with van der Waals surface area (Å²) < 4.78 is 0. The maximum Gasteiger partial charge on any atom is 0.261 e. The van der Waals surface area contributed by atoms with Crippen LogP contribution in [-0.4, -0.2) is 23.3 Å². The number of carbonyl (C=O) groups excluding carboxylic acids is 2. The molecule has 6 heteroatoms. The molecule has 0 spiro atoms. The maximum absolute atomic E-state index is 13.2. The minimum atomic E-state index is -0.0766. The Kier molecular flexibility index (Phi) is 6.14. The Labute approximate surface area is 180 Å². The lowest BCUT2D eigenvalue weighted by molar-refractivity contribution is -0.116. The van der Waals surface area contributed by atoms with Crippen molar-refractivity contribution in [2.45, 2.75) is 36.1 Å². The van der Waals surface area contributed by atoms with E-state index in [0.717, 1.165) is 28.3 Å². The van der Waals surface area contributed by atoms with Crippen LogP contribution in [0.25, 0.3) is 0 Å². The van der Waals surface area contributed by atoms with Gasteiger partial charge in [0.1, 0.15) is 5.03 Å². The Bertz CT molecular complexity index is 1080. The van der Waals surface area contributed by atoms with E-state index in [4.69, 9.17) is 0 Å². The minimum absolute atomic E-state index is 0.0390. The molecule has 3 aromatic rings. The normalized spacial score (nSPS) is 12.7. The van der Waals surface area contributed by atoms with Crippen molar-refractivity contribution in [2.24, 2.45) is 0 Å². The van der Waals surface area contributed by atoms with Gasteiger partial charge in [0.15, 0.2) is 0 Å². The number of benzene rings is 2. The van der Waals surface area contributed by atoms with Crippen LogP contribution >= 0.6 is 11.8 Å². The highest BCUT2D eigenvalue weighted by Crippen LogP contribution is 2.40. The fraction of sp³-hybridized carbons (Fsp3) is 0.208. The highest BCUT2D eigenvalue weighted by Gasteiger charge is 2.27. The van der Waals surface area contributed by atoms with E-state index in [9.17, 15) is 9.59 Å². The van der Waals surface area contributed by atoms with Crippen molar-refractivity contribution >= 4 is 35.0 Å². The van der Waals surface area contributed by atoms with E-state index < -0.39 is 0 Å². The Balaban J connectivity index is 1.47. The first-order valence-corrected chi connectivity index (χ1v) is 10.9. The Morgan fingerprint density at radius 3 is 2.73 bits per heavy atom. The van der Waals surface area contributed by atoms with E-state index in [1.807, 2.05) is 54.6 Å². The van der Waals surface area contributed by atoms with Crippen molar-refractivity contribution in [3.05, 3.63) is 78.0 Å². The van der Waals surface area contributed by atoms with Crippen molar-refractivity contribution in [1.29, 1.82) is 0 Å².